The lowest BCUT2D eigenvalue weighted by Crippen LogP contribution is -2.07. The maximum absolute atomic E-state index is 11.6. The van der Waals surface area contributed by atoms with Crippen LogP contribution in [0.5, 0.6) is 11.5 Å². The Kier molecular flexibility index (Phi) is 1.74. The molecule has 0 saturated heterocycles. The van der Waals surface area contributed by atoms with E-state index < -0.39 is 0 Å². The van der Waals surface area contributed by atoms with E-state index in [0.29, 0.717) is 16.9 Å². The summed E-state index contributed by atoms with van der Waals surface area (Å²) in [5.41, 5.74) is 0.392. The van der Waals surface area contributed by atoms with Crippen LogP contribution in [0.4, 0.5) is 0 Å². The number of benzene rings is 1. The standard InChI is InChI=1S/C12H10NO3/c14-10-3-4-13(7-1-2-7)9-6-12(16)11(15)5-8(9)10/h4-7,15-16H,1-2H2. The molecular formula is C12H10NO3. The second-order valence-electron chi connectivity index (χ2n) is 4.10. The lowest BCUT2D eigenvalue weighted by atomic mass is 10.2. The highest BCUT2D eigenvalue weighted by Crippen LogP contribution is 2.38. The SMILES string of the molecule is O=c1[c]cn(C2CC2)c2cc(O)c(O)cc12. The molecule has 4 heteroatoms. The third-order valence-corrected chi connectivity index (χ3v) is 2.89. The molecule has 2 N–H and O–H groups in total. The van der Waals surface area contributed by atoms with Crippen molar-refractivity contribution in [3.05, 3.63) is 34.6 Å². The molecule has 1 aromatic heterocycles. The molecule has 0 aliphatic heterocycles. The number of aromatic hydroxyl groups is 2. The summed E-state index contributed by atoms with van der Waals surface area (Å²) in [6.45, 7) is 0. The molecule has 0 bridgehead atoms. The fourth-order valence-corrected chi connectivity index (χ4v) is 1.89. The summed E-state index contributed by atoms with van der Waals surface area (Å²) < 4.78 is 1.93. The Labute approximate surface area is 91.4 Å². The Bertz CT molecular complexity index is 626. The quantitative estimate of drug-likeness (QED) is 0.711. The molecule has 0 spiro atoms. The fourth-order valence-electron chi connectivity index (χ4n) is 1.89. The summed E-state index contributed by atoms with van der Waals surface area (Å²) in [7, 11) is 0. The highest BCUT2D eigenvalue weighted by molar-refractivity contribution is 5.82. The molecule has 3 rings (SSSR count). The minimum atomic E-state index is -0.272. The molecule has 1 heterocycles. The zero-order valence-electron chi connectivity index (χ0n) is 8.47. The summed E-state index contributed by atoms with van der Waals surface area (Å²) >= 11 is 0. The van der Waals surface area contributed by atoms with Gasteiger partial charge in [-0.1, -0.05) is 0 Å². The number of hydrogen-bond donors (Lipinski definition) is 2. The Morgan fingerprint density at radius 3 is 2.62 bits per heavy atom. The molecule has 1 aliphatic carbocycles. The van der Waals surface area contributed by atoms with Crippen molar-refractivity contribution in [2.75, 3.05) is 0 Å². The van der Waals surface area contributed by atoms with Crippen molar-refractivity contribution < 1.29 is 10.2 Å². The van der Waals surface area contributed by atoms with Crippen LogP contribution in [0.15, 0.2) is 23.1 Å². The Morgan fingerprint density at radius 2 is 1.94 bits per heavy atom. The van der Waals surface area contributed by atoms with Crippen LogP contribution in [0.25, 0.3) is 10.9 Å². The van der Waals surface area contributed by atoms with Gasteiger partial charge in [-0.25, -0.2) is 0 Å². The van der Waals surface area contributed by atoms with Gasteiger partial charge >= 0.3 is 0 Å². The fraction of sp³-hybridized carbons (Fsp3) is 0.250. The monoisotopic (exact) mass is 216 g/mol. The van der Waals surface area contributed by atoms with Gasteiger partial charge in [-0.3, -0.25) is 4.79 Å². The molecule has 0 unspecified atom stereocenters. The lowest BCUT2D eigenvalue weighted by molar-refractivity contribution is 0.404. The van der Waals surface area contributed by atoms with Crippen LogP contribution in [0.2, 0.25) is 0 Å². The molecule has 1 fully saturated rings. The van der Waals surface area contributed by atoms with Gasteiger partial charge in [-0.2, -0.15) is 0 Å². The number of phenolic OH excluding ortho intramolecular Hbond substituents is 2. The van der Waals surface area contributed by atoms with Crippen LogP contribution in [0, 0.1) is 6.07 Å². The molecule has 2 aromatic rings. The van der Waals surface area contributed by atoms with Gasteiger partial charge in [0.1, 0.15) is 0 Å². The van der Waals surface area contributed by atoms with Gasteiger partial charge in [0.25, 0.3) is 0 Å². The molecule has 16 heavy (non-hydrogen) atoms. The summed E-state index contributed by atoms with van der Waals surface area (Å²) in [6.07, 6.45) is 3.78. The predicted octanol–water partition coefficient (Wildman–Crippen LogP) is 1.55. The van der Waals surface area contributed by atoms with Gasteiger partial charge in [-0.15, -0.1) is 0 Å². The number of nitrogens with zero attached hydrogens (tertiary/aromatic N) is 1. The number of aromatic nitrogens is 1. The van der Waals surface area contributed by atoms with E-state index in [0.717, 1.165) is 12.8 Å². The van der Waals surface area contributed by atoms with Crippen LogP contribution in [0.3, 0.4) is 0 Å². The van der Waals surface area contributed by atoms with Crippen molar-refractivity contribution in [2.45, 2.75) is 18.9 Å². The van der Waals surface area contributed by atoms with Crippen molar-refractivity contribution in [2.24, 2.45) is 0 Å². The first kappa shape index (κ1) is 9.27. The van der Waals surface area contributed by atoms with Crippen molar-refractivity contribution in [1.82, 2.24) is 4.57 Å². The number of fused-ring (bicyclic) bond motifs is 1. The average molecular weight is 216 g/mol. The molecular weight excluding hydrogens is 206 g/mol. The van der Waals surface area contributed by atoms with Crippen LogP contribution in [-0.2, 0) is 0 Å². The summed E-state index contributed by atoms with van der Waals surface area (Å²) in [5.74, 6) is -0.473. The van der Waals surface area contributed by atoms with Crippen molar-refractivity contribution in [3.8, 4) is 11.5 Å². The van der Waals surface area contributed by atoms with E-state index in [2.05, 4.69) is 6.07 Å². The minimum Gasteiger partial charge on any atom is -0.504 e. The largest absolute Gasteiger partial charge is 0.504 e. The molecule has 1 saturated carbocycles. The smallest absolute Gasteiger partial charge is 0.197 e. The molecule has 1 aliphatic rings. The zero-order chi connectivity index (χ0) is 11.3. The maximum Gasteiger partial charge on any atom is 0.197 e. The van der Waals surface area contributed by atoms with Crippen LogP contribution >= 0.6 is 0 Å². The van der Waals surface area contributed by atoms with E-state index in [1.807, 2.05) is 4.57 Å². The highest BCUT2D eigenvalue weighted by atomic mass is 16.3. The van der Waals surface area contributed by atoms with Gasteiger partial charge in [0.15, 0.2) is 16.9 Å². The third kappa shape index (κ3) is 1.26. The van der Waals surface area contributed by atoms with Crippen LogP contribution < -0.4 is 5.43 Å². The molecule has 0 amide bonds. The van der Waals surface area contributed by atoms with Crippen molar-refractivity contribution in [1.29, 1.82) is 0 Å². The topological polar surface area (TPSA) is 62.5 Å². The summed E-state index contributed by atoms with van der Waals surface area (Å²) in [4.78, 5) is 11.6. The Morgan fingerprint density at radius 1 is 1.25 bits per heavy atom. The molecule has 1 aromatic carbocycles. The van der Waals surface area contributed by atoms with E-state index in [1.54, 1.807) is 6.20 Å². The second kappa shape index (κ2) is 3.01. The minimum absolute atomic E-state index is 0.201. The number of pyridine rings is 1. The van der Waals surface area contributed by atoms with Crippen LogP contribution in [-0.4, -0.2) is 14.8 Å². The number of hydrogen-bond acceptors (Lipinski definition) is 3. The predicted molar refractivity (Wildman–Crippen MR) is 58.6 cm³/mol. The van der Waals surface area contributed by atoms with Crippen molar-refractivity contribution >= 4 is 10.9 Å². The van der Waals surface area contributed by atoms with E-state index in [-0.39, 0.29) is 16.9 Å². The average Bonchev–Trinajstić information content (AvgIpc) is 3.05. The normalized spacial score (nSPS) is 15.5. The highest BCUT2D eigenvalue weighted by Gasteiger charge is 2.24. The molecule has 1 radical (unpaired) electrons. The molecule has 81 valence electrons. The van der Waals surface area contributed by atoms with Gasteiger partial charge in [0.2, 0.25) is 0 Å². The van der Waals surface area contributed by atoms with Gasteiger partial charge in [0, 0.05) is 18.3 Å². The summed E-state index contributed by atoms with van der Waals surface area (Å²) in [6, 6.07) is 5.74. The number of rotatable bonds is 1. The van der Waals surface area contributed by atoms with Crippen molar-refractivity contribution in [3.63, 3.8) is 0 Å². The Hall–Kier alpha value is -1.97. The first-order chi connectivity index (χ1) is 7.66. The molecule has 0 atom stereocenters. The first-order valence-electron chi connectivity index (χ1n) is 5.15. The van der Waals surface area contributed by atoms with Gasteiger partial charge in [-0.05, 0) is 18.9 Å². The number of phenols is 2. The second-order valence-corrected chi connectivity index (χ2v) is 4.10. The lowest BCUT2D eigenvalue weighted by Gasteiger charge is -2.09. The first-order valence-corrected chi connectivity index (χ1v) is 5.15. The summed E-state index contributed by atoms with van der Waals surface area (Å²) in [5, 5.41) is 19.2. The van der Waals surface area contributed by atoms with Crippen LogP contribution in [0.1, 0.15) is 18.9 Å². The van der Waals surface area contributed by atoms with E-state index in [4.69, 9.17) is 0 Å². The van der Waals surface area contributed by atoms with E-state index >= 15 is 0 Å². The zero-order valence-corrected chi connectivity index (χ0v) is 8.47. The van der Waals surface area contributed by atoms with E-state index in [1.165, 1.54) is 12.1 Å². The van der Waals surface area contributed by atoms with E-state index in [9.17, 15) is 15.0 Å². The Balaban J connectivity index is 2.42. The third-order valence-electron chi connectivity index (χ3n) is 2.89. The molecule has 4 nitrogen and oxygen atoms in total. The maximum atomic E-state index is 11.6. The van der Waals surface area contributed by atoms with Gasteiger partial charge < -0.3 is 14.8 Å². The van der Waals surface area contributed by atoms with Gasteiger partial charge in [0.05, 0.1) is 17.0 Å².